The van der Waals surface area contributed by atoms with Crippen LogP contribution in [-0.4, -0.2) is 49.2 Å². The minimum absolute atomic E-state index is 0.102. The summed E-state index contributed by atoms with van der Waals surface area (Å²) in [4.78, 5) is 14.2. The molecule has 0 aromatic heterocycles. The fourth-order valence-corrected chi connectivity index (χ4v) is 3.09. The highest BCUT2D eigenvalue weighted by molar-refractivity contribution is 5.78. The number of hydrogen-bond acceptors (Lipinski definition) is 3. The van der Waals surface area contributed by atoms with Crippen LogP contribution in [0, 0.1) is 0 Å². The maximum absolute atomic E-state index is 12.1. The molecule has 1 aliphatic rings. The van der Waals surface area contributed by atoms with Crippen molar-refractivity contribution in [2.75, 3.05) is 26.2 Å². The fourth-order valence-electron chi connectivity index (χ4n) is 3.09. The van der Waals surface area contributed by atoms with Crippen LogP contribution in [-0.2, 0) is 16.0 Å². The number of rotatable bonds is 6. The lowest BCUT2D eigenvalue weighted by molar-refractivity contribution is -0.125. The highest BCUT2D eigenvalue weighted by atomic mass is 16.5. The van der Waals surface area contributed by atoms with E-state index in [1.54, 1.807) is 0 Å². The van der Waals surface area contributed by atoms with Crippen LogP contribution in [0.5, 0.6) is 0 Å². The van der Waals surface area contributed by atoms with Crippen LogP contribution in [0.15, 0.2) is 24.3 Å². The molecular weight excluding hydrogens is 288 g/mol. The predicted molar refractivity (Wildman–Crippen MR) is 93.7 cm³/mol. The lowest BCUT2D eigenvalue weighted by Crippen LogP contribution is -2.49. The second-order valence-electron chi connectivity index (χ2n) is 6.95. The number of carbonyl (C=O) groups is 1. The van der Waals surface area contributed by atoms with Gasteiger partial charge in [0.2, 0.25) is 5.91 Å². The van der Waals surface area contributed by atoms with Crippen molar-refractivity contribution in [2.24, 2.45) is 0 Å². The van der Waals surface area contributed by atoms with Gasteiger partial charge in [0.1, 0.15) is 0 Å². The Morgan fingerprint density at radius 3 is 2.39 bits per heavy atom. The molecule has 1 saturated heterocycles. The minimum atomic E-state index is 0.102. The van der Waals surface area contributed by atoms with Gasteiger partial charge in [0.15, 0.2) is 0 Å². The number of amides is 1. The topological polar surface area (TPSA) is 41.6 Å². The molecule has 2 atom stereocenters. The molecule has 23 heavy (non-hydrogen) atoms. The molecule has 4 heteroatoms. The Morgan fingerprint density at radius 2 is 1.83 bits per heavy atom. The number of morpholine rings is 1. The summed E-state index contributed by atoms with van der Waals surface area (Å²) >= 11 is 0. The first-order valence-corrected chi connectivity index (χ1v) is 8.67. The zero-order chi connectivity index (χ0) is 16.8. The zero-order valence-electron chi connectivity index (χ0n) is 14.8. The average Bonchev–Trinajstić information content (AvgIpc) is 2.46. The molecule has 0 aliphatic carbocycles. The standard InChI is InChI=1S/C19H30N2O2/c1-14(2)18-7-5-17(6-8-18)9-10-20-19(22)13-21-11-15(3)23-16(4)12-21/h5-8,14-16H,9-13H2,1-4H3,(H,20,22)/t15-,16-/m0/s1. The molecule has 0 saturated carbocycles. The Hall–Kier alpha value is -1.39. The van der Waals surface area contributed by atoms with E-state index in [-0.39, 0.29) is 18.1 Å². The van der Waals surface area contributed by atoms with E-state index in [4.69, 9.17) is 4.74 Å². The minimum Gasteiger partial charge on any atom is -0.373 e. The third-order valence-electron chi connectivity index (χ3n) is 4.24. The first-order valence-electron chi connectivity index (χ1n) is 8.67. The molecule has 0 spiro atoms. The quantitative estimate of drug-likeness (QED) is 0.876. The largest absolute Gasteiger partial charge is 0.373 e. The average molecular weight is 318 g/mol. The predicted octanol–water partition coefficient (Wildman–Crippen LogP) is 2.58. The van der Waals surface area contributed by atoms with E-state index in [2.05, 4.69) is 62.2 Å². The van der Waals surface area contributed by atoms with E-state index in [1.807, 2.05) is 0 Å². The highest BCUT2D eigenvalue weighted by Gasteiger charge is 2.23. The fraction of sp³-hybridized carbons (Fsp3) is 0.632. The maximum atomic E-state index is 12.1. The van der Waals surface area contributed by atoms with Crippen LogP contribution in [0.1, 0.15) is 44.7 Å². The summed E-state index contributed by atoms with van der Waals surface area (Å²) in [6.07, 6.45) is 1.28. The lowest BCUT2D eigenvalue weighted by atomic mass is 10.0. The van der Waals surface area contributed by atoms with Gasteiger partial charge in [-0.1, -0.05) is 38.1 Å². The summed E-state index contributed by atoms with van der Waals surface area (Å²) in [5.41, 5.74) is 2.62. The SMILES string of the molecule is CC(C)c1ccc(CCNC(=O)CN2C[C@H](C)O[C@@H](C)C2)cc1. The Kier molecular flexibility index (Phi) is 6.60. The van der Waals surface area contributed by atoms with E-state index in [0.717, 1.165) is 19.5 Å². The van der Waals surface area contributed by atoms with Gasteiger partial charge in [-0.05, 0) is 37.3 Å². The number of benzene rings is 1. The van der Waals surface area contributed by atoms with E-state index in [0.29, 0.717) is 19.0 Å². The van der Waals surface area contributed by atoms with Crippen LogP contribution in [0.3, 0.4) is 0 Å². The summed E-state index contributed by atoms with van der Waals surface area (Å²) in [5.74, 6) is 0.659. The lowest BCUT2D eigenvalue weighted by Gasteiger charge is -2.34. The van der Waals surface area contributed by atoms with Crippen molar-refractivity contribution in [2.45, 2.75) is 52.2 Å². The number of nitrogens with one attached hydrogen (secondary N) is 1. The normalized spacial score (nSPS) is 22.3. The highest BCUT2D eigenvalue weighted by Crippen LogP contribution is 2.14. The second kappa shape index (κ2) is 8.46. The summed E-state index contributed by atoms with van der Waals surface area (Å²) in [5, 5.41) is 3.02. The van der Waals surface area contributed by atoms with Crippen molar-refractivity contribution in [3.05, 3.63) is 35.4 Å². The van der Waals surface area contributed by atoms with Gasteiger partial charge in [0.05, 0.1) is 18.8 Å². The molecular formula is C19H30N2O2. The Labute approximate surface area is 140 Å². The Balaban J connectivity index is 1.70. The monoisotopic (exact) mass is 318 g/mol. The van der Waals surface area contributed by atoms with Gasteiger partial charge in [-0.25, -0.2) is 0 Å². The van der Waals surface area contributed by atoms with Crippen LogP contribution < -0.4 is 5.32 Å². The van der Waals surface area contributed by atoms with Crippen molar-refractivity contribution < 1.29 is 9.53 Å². The molecule has 4 nitrogen and oxygen atoms in total. The molecule has 1 amide bonds. The third kappa shape index (κ3) is 5.96. The molecule has 1 aliphatic heterocycles. The van der Waals surface area contributed by atoms with Crippen molar-refractivity contribution in [1.29, 1.82) is 0 Å². The summed E-state index contributed by atoms with van der Waals surface area (Å²) in [7, 11) is 0. The van der Waals surface area contributed by atoms with Crippen LogP contribution in [0.25, 0.3) is 0 Å². The Bertz CT molecular complexity index is 489. The van der Waals surface area contributed by atoms with Crippen molar-refractivity contribution in [3.8, 4) is 0 Å². The smallest absolute Gasteiger partial charge is 0.234 e. The number of carbonyl (C=O) groups excluding carboxylic acids is 1. The molecule has 1 heterocycles. The molecule has 0 bridgehead atoms. The van der Waals surface area contributed by atoms with Crippen molar-refractivity contribution in [1.82, 2.24) is 10.2 Å². The van der Waals surface area contributed by atoms with E-state index < -0.39 is 0 Å². The van der Waals surface area contributed by atoms with Crippen LogP contribution in [0.2, 0.25) is 0 Å². The maximum Gasteiger partial charge on any atom is 0.234 e. The molecule has 1 N–H and O–H groups in total. The molecule has 1 fully saturated rings. The number of hydrogen-bond donors (Lipinski definition) is 1. The molecule has 2 rings (SSSR count). The van der Waals surface area contributed by atoms with Gasteiger partial charge >= 0.3 is 0 Å². The first-order chi connectivity index (χ1) is 10.9. The Morgan fingerprint density at radius 1 is 1.22 bits per heavy atom. The van der Waals surface area contributed by atoms with Gasteiger partial charge in [0.25, 0.3) is 0 Å². The second-order valence-corrected chi connectivity index (χ2v) is 6.95. The van der Waals surface area contributed by atoms with Gasteiger partial charge in [0, 0.05) is 19.6 Å². The molecule has 0 radical (unpaired) electrons. The van der Waals surface area contributed by atoms with Gasteiger partial charge in [-0.15, -0.1) is 0 Å². The molecule has 128 valence electrons. The zero-order valence-corrected chi connectivity index (χ0v) is 14.8. The van der Waals surface area contributed by atoms with E-state index in [1.165, 1.54) is 11.1 Å². The first kappa shape index (κ1) is 18.0. The third-order valence-corrected chi connectivity index (χ3v) is 4.24. The van der Waals surface area contributed by atoms with E-state index in [9.17, 15) is 4.79 Å². The summed E-state index contributed by atoms with van der Waals surface area (Å²) in [6.45, 7) is 11.3. The van der Waals surface area contributed by atoms with Gasteiger partial charge in [-0.3, -0.25) is 9.69 Å². The van der Waals surface area contributed by atoms with Gasteiger partial charge < -0.3 is 10.1 Å². The molecule has 1 aromatic carbocycles. The van der Waals surface area contributed by atoms with E-state index >= 15 is 0 Å². The van der Waals surface area contributed by atoms with Crippen molar-refractivity contribution >= 4 is 5.91 Å². The number of nitrogens with zero attached hydrogens (tertiary/aromatic N) is 1. The van der Waals surface area contributed by atoms with Crippen LogP contribution >= 0.6 is 0 Å². The molecule has 0 unspecified atom stereocenters. The van der Waals surface area contributed by atoms with Gasteiger partial charge in [-0.2, -0.15) is 0 Å². The van der Waals surface area contributed by atoms with Crippen LogP contribution in [0.4, 0.5) is 0 Å². The summed E-state index contributed by atoms with van der Waals surface area (Å²) in [6, 6.07) is 8.68. The van der Waals surface area contributed by atoms with Crippen molar-refractivity contribution in [3.63, 3.8) is 0 Å². The summed E-state index contributed by atoms with van der Waals surface area (Å²) < 4.78 is 5.69. The molecule has 1 aromatic rings. The number of ether oxygens (including phenoxy) is 1.